The molecule has 1 amide bonds. The molecule has 0 aromatic heterocycles. The van der Waals surface area contributed by atoms with E-state index in [0.29, 0.717) is 5.02 Å². The second kappa shape index (κ2) is 4.09. The second-order valence-electron chi connectivity index (χ2n) is 2.31. The van der Waals surface area contributed by atoms with E-state index in [-0.39, 0.29) is 6.54 Å². The van der Waals surface area contributed by atoms with E-state index in [4.69, 9.17) is 17.4 Å². The lowest BCUT2D eigenvalue weighted by Gasteiger charge is -2.09. The fourth-order valence-corrected chi connectivity index (χ4v) is 1.04. The monoisotopic (exact) mass is 183 g/mol. The molecule has 63 valence electrons. The normalized spacial score (nSPS) is 9.50. The van der Waals surface area contributed by atoms with Crippen LogP contribution < -0.4 is 5.84 Å². The fraction of sp³-hybridized carbons (Fsp3) is 0.125. The topological polar surface area (TPSA) is 46.3 Å². The van der Waals surface area contributed by atoms with Crippen LogP contribution in [-0.2, 0) is 11.3 Å². The number of hydrogen-bond donors (Lipinski definition) is 1. The lowest BCUT2D eigenvalue weighted by Crippen LogP contribution is -2.28. The molecular weight excluding hydrogens is 176 g/mol. The van der Waals surface area contributed by atoms with Gasteiger partial charge in [0.2, 0.25) is 0 Å². The molecule has 0 aliphatic carbocycles. The van der Waals surface area contributed by atoms with Gasteiger partial charge in [-0.2, -0.15) is 0 Å². The molecule has 0 unspecified atom stereocenters. The van der Waals surface area contributed by atoms with Crippen LogP contribution in [0.4, 0.5) is 0 Å². The van der Waals surface area contributed by atoms with Gasteiger partial charge < -0.3 is 0 Å². The van der Waals surface area contributed by atoms with Gasteiger partial charge in [0, 0.05) is 5.02 Å². The van der Waals surface area contributed by atoms with Crippen molar-refractivity contribution in [3.63, 3.8) is 0 Å². The van der Waals surface area contributed by atoms with Crippen LogP contribution in [-0.4, -0.2) is 11.4 Å². The third kappa shape index (κ3) is 2.22. The number of carbonyl (C=O) groups excluding carboxylic acids is 1. The maximum absolute atomic E-state index is 10.1. The number of hydrogen-bond acceptors (Lipinski definition) is 2. The molecule has 1 radical (unpaired) electrons. The first-order chi connectivity index (χ1) is 5.74. The molecule has 4 heteroatoms. The number of nitrogens with zero attached hydrogens (tertiary/aromatic N) is 1. The third-order valence-electron chi connectivity index (χ3n) is 1.42. The number of benzene rings is 1. The number of hydrazine groups is 1. The van der Waals surface area contributed by atoms with E-state index in [0.717, 1.165) is 10.6 Å². The van der Waals surface area contributed by atoms with Gasteiger partial charge in [-0.1, -0.05) is 29.8 Å². The summed E-state index contributed by atoms with van der Waals surface area (Å²) in [4.78, 5) is 10.1. The summed E-state index contributed by atoms with van der Waals surface area (Å²) in [6.45, 7) is 0.281. The number of rotatable bonds is 3. The van der Waals surface area contributed by atoms with Gasteiger partial charge in [-0.05, 0) is 11.6 Å². The van der Waals surface area contributed by atoms with Crippen molar-refractivity contribution in [2.75, 3.05) is 0 Å². The Bertz CT molecular complexity index is 278. The SMILES string of the molecule is NN([C]=O)Cc1ccccc1Cl. The van der Waals surface area contributed by atoms with Gasteiger partial charge in [-0.3, -0.25) is 9.80 Å². The van der Waals surface area contributed by atoms with Crippen molar-refractivity contribution in [2.24, 2.45) is 5.84 Å². The maximum atomic E-state index is 10.1. The van der Waals surface area contributed by atoms with Crippen molar-refractivity contribution in [3.8, 4) is 0 Å². The van der Waals surface area contributed by atoms with Gasteiger partial charge in [-0.15, -0.1) is 0 Å². The fourth-order valence-electron chi connectivity index (χ4n) is 0.842. The molecule has 1 aromatic carbocycles. The molecule has 0 saturated heterocycles. The van der Waals surface area contributed by atoms with Crippen molar-refractivity contribution < 1.29 is 4.79 Å². The highest BCUT2D eigenvalue weighted by atomic mass is 35.5. The summed E-state index contributed by atoms with van der Waals surface area (Å²) in [5.74, 6) is 5.22. The molecule has 2 N–H and O–H groups in total. The maximum Gasteiger partial charge on any atom is 0.327 e. The summed E-state index contributed by atoms with van der Waals surface area (Å²) < 4.78 is 0. The highest BCUT2D eigenvalue weighted by molar-refractivity contribution is 6.31. The first kappa shape index (κ1) is 9.03. The Hall–Kier alpha value is -1.06. The highest BCUT2D eigenvalue weighted by Crippen LogP contribution is 2.15. The predicted octanol–water partition coefficient (Wildman–Crippen LogP) is 1.08. The van der Waals surface area contributed by atoms with Crippen molar-refractivity contribution in [1.29, 1.82) is 0 Å². The van der Waals surface area contributed by atoms with Crippen LogP contribution in [0.25, 0.3) is 0 Å². The second-order valence-corrected chi connectivity index (χ2v) is 2.72. The van der Waals surface area contributed by atoms with Crippen LogP contribution in [0.5, 0.6) is 0 Å². The van der Waals surface area contributed by atoms with Crippen LogP contribution in [0.1, 0.15) is 5.56 Å². The predicted molar refractivity (Wildman–Crippen MR) is 46.9 cm³/mol. The van der Waals surface area contributed by atoms with Crippen molar-refractivity contribution in [1.82, 2.24) is 5.01 Å². The van der Waals surface area contributed by atoms with E-state index in [9.17, 15) is 4.79 Å². The van der Waals surface area contributed by atoms with Gasteiger partial charge in [0.1, 0.15) is 0 Å². The summed E-state index contributed by atoms with van der Waals surface area (Å²) in [7, 11) is 0. The first-order valence-electron chi connectivity index (χ1n) is 3.37. The molecule has 0 saturated carbocycles. The Labute approximate surface area is 75.7 Å². The van der Waals surface area contributed by atoms with Crippen molar-refractivity contribution in [2.45, 2.75) is 6.54 Å². The standard InChI is InChI=1S/C8H8ClN2O/c9-8-4-2-1-3-7(8)5-11(10)6-12/h1-4H,5,10H2. The molecule has 1 aromatic rings. The summed E-state index contributed by atoms with van der Waals surface area (Å²) in [6.07, 6.45) is 1.54. The number of halogens is 1. The van der Waals surface area contributed by atoms with Gasteiger partial charge in [-0.25, -0.2) is 5.84 Å². The zero-order valence-electron chi connectivity index (χ0n) is 6.33. The molecule has 12 heavy (non-hydrogen) atoms. The van der Waals surface area contributed by atoms with Gasteiger partial charge in [0.05, 0.1) is 6.54 Å². The van der Waals surface area contributed by atoms with Crippen LogP contribution in [0.3, 0.4) is 0 Å². The molecule has 0 fully saturated rings. The first-order valence-corrected chi connectivity index (χ1v) is 3.75. The highest BCUT2D eigenvalue weighted by Gasteiger charge is 2.01. The lowest BCUT2D eigenvalue weighted by atomic mass is 10.2. The summed E-state index contributed by atoms with van der Waals surface area (Å²) >= 11 is 5.81. The van der Waals surface area contributed by atoms with E-state index in [1.807, 2.05) is 12.1 Å². The summed E-state index contributed by atoms with van der Waals surface area (Å²) in [6, 6.07) is 7.20. The van der Waals surface area contributed by atoms with Gasteiger partial charge >= 0.3 is 6.41 Å². The number of amides is 1. The molecular formula is C8H8ClN2O. The molecule has 0 bridgehead atoms. The Kier molecular flexibility index (Phi) is 3.08. The van der Waals surface area contributed by atoms with E-state index < -0.39 is 0 Å². The zero-order chi connectivity index (χ0) is 8.97. The van der Waals surface area contributed by atoms with Crippen LogP contribution in [0.2, 0.25) is 5.02 Å². The van der Waals surface area contributed by atoms with E-state index in [1.54, 1.807) is 18.5 Å². The average Bonchev–Trinajstić information content (AvgIpc) is 2.09. The minimum Gasteiger partial charge on any atom is -0.268 e. The minimum absolute atomic E-state index is 0.281. The van der Waals surface area contributed by atoms with Crippen molar-refractivity contribution in [3.05, 3.63) is 34.9 Å². The Morgan fingerprint density at radius 2 is 2.17 bits per heavy atom. The van der Waals surface area contributed by atoms with Crippen molar-refractivity contribution >= 4 is 18.0 Å². The summed E-state index contributed by atoms with van der Waals surface area (Å²) in [5, 5.41) is 1.52. The Morgan fingerprint density at radius 3 is 2.75 bits per heavy atom. The molecule has 0 aliphatic rings. The van der Waals surface area contributed by atoms with Gasteiger partial charge in [0.15, 0.2) is 0 Å². The third-order valence-corrected chi connectivity index (χ3v) is 1.78. The van der Waals surface area contributed by atoms with E-state index >= 15 is 0 Å². The molecule has 0 heterocycles. The largest absolute Gasteiger partial charge is 0.327 e. The molecule has 0 aliphatic heterocycles. The lowest BCUT2D eigenvalue weighted by molar-refractivity contribution is 0.387. The van der Waals surface area contributed by atoms with E-state index in [1.165, 1.54) is 0 Å². The average molecular weight is 184 g/mol. The quantitative estimate of drug-likeness (QED) is 0.330. The molecule has 3 nitrogen and oxygen atoms in total. The van der Waals surface area contributed by atoms with Gasteiger partial charge in [0.25, 0.3) is 0 Å². The van der Waals surface area contributed by atoms with Crippen LogP contribution >= 0.6 is 11.6 Å². The summed E-state index contributed by atoms with van der Waals surface area (Å²) in [5.41, 5.74) is 0.810. The zero-order valence-corrected chi connectivity index (χ0v) is 7.08. The molecule has 0 atom stereocenters. The molecule has 0 spiro atoms. The van der Waals surface area contributed by atoms with Crippen LogP contribution in [0, 0.1) is 0 Å². The minimum atomic E-state index is 0.281. The Balaban J connectivity index is 2.75. The number of nitrogens with two attached hydrogens (primary N) is 1. The van der Waals surface area contributed by atoms with Crippen LogP contribution in [0.15, 0.2) is 24.3 Å². The smallest absolute Gasteiger partial charge is 0.268 e. The Morgan fingerprint density at radius 1 is 1.50 bits per heavy atom. The van der Waals surface area contributed by atoms with E-state index in [2.05, 4.69) is 0 Å². The molecule has 1 rings (SSSR count).